The van der Waals surface area contributed by atoms with Crippen LogP contribution in [0.4, 0.5) is 0 Å². The van der Waals surface area contributed by atoms with E-state index in [2.05, 4.69) is 43.1 Å². The van der Waals surface area contributed by atoms with Crippen molar-refractivity contribution < 1.29 is 0 Å². The molecule has 0 unspecified atom stereocenters. The maximum Gasteiger partial charge on any atom is 0.0456 e. The van der Waals surface area contributed by atoms with Crippen LogP contribution in [0.2, 0.25) is 0 Å². The van der Waals surface area contributed by atoms with E-state index in [9.17, 15) is 0 Å². The van der Waals surface area contributed by atoms with Crippen LogP contribution in [-0.2, 0) is 0 Å². The number of hydrogen-bond donors (Lipinski definition) is 1. The molecule has 1 heteroatoms. The topological polar surface area (TPSA) is 15.8 Å². The lowest BCUT2D eigenvalue weighted by Crippen LogP contribution is -1.70. The standard InChI is InChI=1S/C10H11N.C2H6.CH4/c1-7-3-4-10-9(5-7)6-8(2)11-10;1-2;/h3-6,11H,1-2H3;1-2H3;1H4. The zero-order valence-electron chi connectivity index (χ0n) is 8.81. The monoisotopic (exact) mass is 191 g/mol. The van der Waals surface area contributed by atoms with E-state index in [1.54, 1.807) is 0 Å². The predicted octanol–water partition coefficient (Wildman–Crippen LogP) is 4.45. The van der Waals surface area contributed by atoms with E-state index in [-0.39, 0.29) is 7.43 Å². The molecule has 0 atom stereocenters. The van der Waals surface area contributed by atoms with Gasteiger partial charge >= 0.3 is 0 Å². The van der Waals surface area contributed by atoms with Crippen molar-refractivity contribution in [3.05, 3.63) is 35.5 Å². The predicted molar refractivity (Wildman–Crippen MR) is 65.9 cm³/mol. The van der Waals surface area contributed by atoms with Crippen molar-refractivity contribution in [2.24, 2.45) is 0 Å². The van der Waals surface area contributed by atoms with Crippen molar-refractivity contribution in [2.75, 3.05) is 0 Å². The van der Waals surface area contributed by atoms with Gasteiger partial charge in [0, 0.05) is 11.2 Å². The number of rotatable bonds is 0. The Morgan fingerprint density at radius 3 is 2.29 bits per heavy atom. The van der Waals surface area contributed by atoms with Gasteiger partial charge in [-0.2, -0.15) is 0 Å². The minimum Gasteiger partial charge on any atom is -0.359 e. The van der Waals surface area contributed by atoms with Crippen LogP contribution in [0.3, 0.4) is 0 Å². The van der Waals surface area contributed by atoms with E-state index in [1.165, 1.54) is 22.2 Å². The number of fused-ring (bicyclic) bond motifs is 1. The minimum absolute atomic E-state index is 0. The first-order chi connectivity index (χ1) is 6.25. The Bertz CT molecular complexity index is 385. The molecule has 0 bridgehead atoms. The third kappa shape index (κ3) is 2.63. The average Bonchev–Trinajstić information content (AvgIpc) is 2.48. The van der Waals surface area contributed by atoms with Crippen molar-refractivity contribution >= 4 is 10.9 Å². The molecule has 0 spiro atoms. The summed E-state index contributed by atoms with van der Waals surface area (Å²) >= 11 is 0. The van der Waals surface area contributed by atoms with Gasteiger partial charge in [-0.3, -0.25) is 0 Å². The van der Waals surface area contributed by atoms with Crippen LogP contribution >= 0.6 is 0 Å². The first kappa shape index (κ1) is 12.8. The summed E-state index contributed by atoms with van der Waals surface area (Å²) in [6.45, 7) is 8.19. The van der Waals surface area contributed by atoms with Crippen LogP contribution in [0.15, 0.2) is 24.3 Å². The van der Waals surface area contributed by atoms with Crippen molar-refractivity contribution in [1.29, 1.82) is 0 Å². The van der Waals surface area contributed by atoms with Crippen molar-refractivity contribution in [3.8, 4) is 0 Å². The molecular weight excluding hydrogens is 170 g/mol. The number of aryl methyl sites for hydroxylation is 2. The summed E-state index contributed by atoms with van der Waals surface area (Å²) in [7, 11) is 0. The summed E-state index contributed by atoms with van der Waals surface area (Å²) < 4.78 is 0. The smallest absolute Gasteiger partial charge is 0.0456 e. The molecule has 1 aromatic heterocycles. The zero-order chi connectivity index (χ0) is 9.84. The van der Waals surface area contributed by atoms with Crippen molar-refractivity contribution in [3.63, 3.8) is 0 Å². The van der Waals surface area contributed by atoms with Gasteiger partial charge in [-0.25, -0.2) is 0 Å². The van der Waals surface area contributed by atoms with Crippen LogP contribution < -0.4 is 0 Å². The van der Waals surface area contributed by atoms with E-state index in [1.807, 2.05) is 13.8 Å². The Morgan fingerprint density at radius 1 is 1.00 bits per heavy atom. The second-order valence-electron chi connectivity index (χ2n) is 3.04. The molecule has 78 valence electrons. The first-order valence-electron chi connectivity index (χ1n) is 4.82. The van der Waals surface area contributed by atoms with E-state index in [0.29, 0.717) is 0 Å². The third-order valence-corrected chi connectivity index (χ3v) is 1.91. The van der Waals surface area contributed by atoms with Gasteiger partial charge in [0.1, 0.15) is 0 Å². The highest BCUT2D eigenvalue weighted by atomic mass is 14.7. The SMILES string of the molecule is C.CC.Cc1ccc2[nH]c(C)cc2c1. The molecule has 1 nitrogen and oxygen atoms in total. The molecule has 1 N–H and O–H groups in total. The number of nitrogens with one attached hydrogen (secondary N) is 1. The van der Waals surface area contributed by atoms with E-state index in [4.69, 9.17) is 0 Å². The molecule has 0 saturated heterocycles. The Hall–Kier alpha value is -1.24. The molecule has 0 aliphatic heterocycles. The van der Waals surface area contributed by atoms with Crippen LogP contribution in [-0.4, -0.2) is 4.98 Å². The maximum absolute atomic E-state index is 3.29. The summed E-state index contributed by atoms with van der Waals surface area (Å²) in [6, 6.07) is 8.61. The van der Waals surface area contributed by atoms with Gasteiger partial charge in [0.15, 0.2) is 0 Å². The van der Waals surface area contributed by atoms with E-state index < -0.39 is 0 Å². The summed E-state index contributed by atoms with van der Waals surface area (Å²) in [4.78, 5) is 3.29. The third-order valence-electron chi connectivity index (χ3n) is 1.91. The Balaban J connectivity index is 0.000000531. The molecule has 2 aromatic rings. The Kier molecular flexibility index (Phi) is 5.00. The fraction of sp³-hybridized carbons (Fsp3) is 0.385. The first-order valence-corrected chi connectivity index (χ1v) is 4.82. The molecule has 14 heavy (non-hydrogen) atoms. The van der Waals surface area contributed by atoms with Gasteiger partial charge in [0.2, 0.25) is 0 Å². The van der Waals surface area contributed by atoms with Crippen LogP contribution in [0.5, 0.6) is 0 Å². The normalized spacial score (nSPS) is 8.86. The minimum atomic E-state index is 0. The number of aromatic nitrogens is 1. The van der Waals surface area contributed by atoms with Crippen molar-refractivity contribution in [1.82, 2.24) is 4.98 Å². The summed E-state index contributed by atoms with van der Waals surface area (Å²) in [5, 5.41) is 1.31. The molecule has 0 amide bonds. The van der Waals surface area contributed by atoms with Crippen molar-refractivity contribution in [2.45, 2.75) is 35.1 Å². The highest BCUT2D eigenvalue weighted by Gasteiger charge is 1.95. The largest absolute Gasteiger partial charge is 0.359 e. The highest BCUT2D eigenvalue weighted by molar-refractivity contribution is 5.80. The molecule has 0 aliphatic rings. The van der Waals surface area contributed by atoms with Gasteiger partial charge in [-0.05, 0) is 37.4 Å². The summed E-state index contributed by atoms with van der Waals surface area (Å²) in [6.07, 6.45) is 0. The van der Waals surface area contributed by atoms with Gasteiger partial charge in [0.05, 0.1) is 0 Å². The molecule has 2 rings (SSSR count). The molecule has 0 radical (unpaired) electrons. The summed E-state index contributed by atoms with van der Waals surface area (Å²) in [5.41, 5.74) is 3.77. The molecule has 1 aromatic carbocycles. The molecule has 0 saturated carbocycles. The lowest BCUT2D eigenvalue weighted by molar-refractivity contribution is 1.30. The lowest BCUT2D eigenvalue weighted by Gasteiger charge is -1.90. The quantitative estimate of drug-likeness (QED) is 0.633. The van der Waals surface area contributed by atoms with Gasteiger partial charge in [0.25, 0.3) is 0 Å². The van der Waals surface area contributed by atoms with Gasteiger partial charge in [-0.1, -0.05) is 32.9 Å². The second kappa shape index (κ2) is 5.48. The van der Waals surface area contributed by atoms with Crippen LogP contribution in [0.1, 0.15) is 32.5 Å². The average molecular weight is 191 g/mol. The molecule has 0 fully saturated rings. The number of H-pyrrole nitrogens is 1. The highest BCUT2D eigenvalue weighted by Crippen LogP contribution is 2.15. The Labute approximate surface area is 87.2 Å². The van der Waals surface area contributed by atoms with Crippen LogP contribution in [0, 0.1) is 13.8 Å². The fourth-order valence-electron chi connectivity index (χ4n) is 1.40. The fourth-order valence-corrected chi connectivity index (χ4v) is 1.40. The second-order valence-corrected chi connectivity index (χ2v) is 3.04. The summed E-state index contributed by atoms with van der Waals surface area (Å²) in [5.74, 6) is 0. The van der Waals surface area contributed by atoms with Gasteiger partial charge < -0.3 is 4.98 Å². The van der Waals surface area contributed by atoms with E-state index in [0.717, 1.165) is 0 Å². The number of benzene rings is 1. The maximum atomic E-state index is 3.29. The zero-order valence-corrected chi connectivity index (χ0v) is 8.81. The molecule has 0 aliphatic carbocycles. The molecule has 1 heterocycles. The lowest BCUT2D eigenvalue weighted by atomic mass is 10.2. The molecular formula is C13H21N. The van der Waals surface area contributed by atoms with E-state index >= 15 is 0 Å². The number of hydrogen-bond acceptors (Lipinski definition) is 0. The Morgan fingerprint density at radius 2 is 1.64 bits per heavy atom. The van der Waals surface area contributed by atoms with Gasteiger partial charge in [-0.15, -0.1) is 0 Å². The van der Waals surface area contributed by atoms with Crippen LogP contribution in [0.25, 0.3) is 10.9 Å². The number of aromatic amines is 1.